The number of benzene rings is 2. The molecule has 2 aromatic rings. The number of hydrogen-bond donors (Lipinski definition) is 2. The van der Waals surface area contributed by atoms with Crippen LogP contribution in [0.2, 0.25) is 0 Å². The zero-order valence-corrected chi connectivity index (χ0v) is 16.7. The van der Waals surface area contributed by atoms with E-state index in [0.29, 0.717) is 63.2 Å². The van der Waals surface area contributed by atoms with Gasteiger partial charge in [-0.1, -0.05) is 18.2 Å². The summed E-state index contributed by atoms with van der Waals surface area (Å²) in [7, 11) is 0. The quantitative estimate of drug-likeness (QED) is 0.402. The molecule has 0 spiro atoms. The van der Waals surface area contributed by atoms with Gasteiger partial charge >= 0.3 is 0 Å². The van der Waals surface area contributed by atoms with E-state index in [1.54, 1.807) is 12.1 Å². The van der Waals surface area contributed by atoms with Gasteiger partial charge in [-0.25, -0.2) is 4.39 Å². The molecule has 29 heavy (non-hydrogen) atoms. The SMILES string of the molecule is CCOCCN=C(NCCc1ccccc1F)Nc1ccc2c(c1)OCCCO2. The summed E-state index contributed by atoms with van der Waals surface area (Å²) in [5, 5.41) is 6.54. The number of ether oxygens (including phenoxy) is 3. The van der Waals surface area contributed by atoms with E-state index in [2.05, 4.69) is 15.6 Å². The van der Waals surface area contributed by atoms with E-state index < -0.39 is 0 Å². The van der Waals surface area contributed by atoms with Gasteiger partial charge in [0.25, 0.3) is 0 Å². The van der Waals surface area contributed by atoms with Gasteiger partial charge in [0.05, 0.1) is 26.4 Å². The molecular formula is C22H28FN3O3. The van der Waals surface area contributed by atoms with Gasteiger partial charge in [-0.2, -0.15) is 0 Å². The highest BCUT2D eigenvalue weighted by atomic mass is 19.1. The van der Waals surface area contributed by atoms with Crippen molar-refractivity contribution in [2.75, 3.05) is 44.8 Å². The van der Waals surface area contributed by atoms with Crippen molar-refractivity contribution in [1.82, 2.24) is 5.32 Å². The van der Waals surface area contributed by atoms with Crippen LogP contribution in [0.3, 0.4) is 0 Å². The molecule has 7 heteroatoms. The summed E-state index contributed by atoms with van der Waals surface area (Å²) < 4.78 is 30.6. The largest absolute Gasteiger partial charge is 0.490 e. The van der Waals surface area contributed by atoms with E-state index >= 15 is 0 Å². The summed E-state index contributed by atoms with van der Waals surface area (Å²) in [4.78, 5) is 4.54. The number of nitrogens with one attached hydrogen (secondary N) is 2. The molecule has 2 N–H and O–H groups in total. The Labute approximate surface area is 171 Å². The topological polar surface area (TPSA) is 64.1 Å². The summed E-state index contributed by atoms with van der Waals surface area (Å²) in [6, 6.07) is 12.5. The Bertz CT molecular complexity index is 814. The lowest BCUT2D eigenvalue weighted by Crippen LogP contribution is -2.33. The molecule has 156 valence electrons. The Kier molecular flexibility index (Phi) is 8.12. The molecule has 6 nitrogen and oxygen atoms in total. The fourth-order valence-corrected chi connectivity index (χ4v) is 2.90. The Morgan fingerprint density at radius 1 is 1.14 bits per heavy atom. The maximum absolute atomic E-state index is 13.8. The molecule has 0 amide bonds. The predicted octanol–water partition coefficient (Wildman–Crippen LogP) is 3.62. The fourth-order valence-electron chi connectivity index (χ4n) is 2.90. The number of rotatable bonds is 8. The fraction of sp³-hybridized carbons (Fsp3) is 0.409. The first kappa shape index (κ1) is 20.9. The maximum atomic E-state index is 13.8. The Morgan fingerprint density at radius 3 is 2.79 bits per heavy atom. The molecule has 1 aliphatic rings. The zero-order valence-electron chi connectivity index (χ0n) is 16.7. The van der Waals surface area contributed by atoms with Gasteiger partial charge in [0.2, 0.25) is 0 Å². The van der Waals surface area contributed by atoms with Crippen LogP contribution >= 0.6 is 0 Å². The minimum Gasteiger partial charge on any atom is -0.490 e. The van der Waals surface area contributed by atoms with Crippen molar-refractivity contribution >= 4 is 11.6 Å². The van der Waals surface area contributed by atoms with Gasteiger partial charge in [-0.15, -0.1) is 0 Å². The Hall–Kier alpha value is -2.80. The first-order chi connectivity index (χ1) is 14.3. The molecule has 3 rings (SSSR count). The molecule has 0 aromatic heterocycles. The van der Waals surface area contributed by atoms with Crippen molar-refractivity contribution in [3.8, 4) is 11.5 Å². The molecule has 0 saturated heterocycles. The van der Waals surface area contributed by atoms with Crippen LogP contribution in [0.1, 0.15) is 18.9 Å². The van der Waals surface area contributed by atoms with Crippen molar-refractivity contribution in [3.05, 3.63) is 53.8 Å². The van der Waals surface area contributed by atoms with Gasteiger partial charge in [-0.05, 0) is 37.1 Å². The molecule has 0 atom stereocenters. The minimum atomic E-state index is -0.194. The lowest BCUT2D eigenvalue weighted by Gasteiger charge is -2.15. The number of anilines is 1. The highest BCUT2D eigenvalue weighted by Gasteiger charge is 2.11. The van der Waals surface area contributed by atoms with Crippen LogP contribution < -0.4 is 20.1 Å². The summed E-state index contributed by atoms with van der Waals surface area (Å²) in [6.07, 6.45) is 1.42. The number of guanidine groups is 1. The molecule has 0 unspecified atom stereocenters. The molecule has 1 aliphatic heterocycles. The van der Waals surface area contributed by atoms with Crippen LogP contribution in [0.4, 0.5) is 10.1 Å². The van der Waals surface area contributed by atoms with Crippen LogP contribution in [-0.4, -0.2) is 45.5 Å². The van der Waals surface area contributed by atoms with Crippen LogP contribution in [-0.2, 0) is 11.2 Å². The van der Waals surface area contributed by atoms with Gasteiger partial charge < -0.3 is 24.8 Å². The van der Waals surface area contributed by atoms with Crippen molar-refractivity contribution in [2.45, 2.75) is 19.8 Å². The normalized spacial score (nSPS) is 13.7. The molecule has 0 aliphatic carbocycles. The highest BCUT2D eigenvalue weighted by molar-refractivity contribution is 5.94. The zero-order chi connectivity index (χ0) is 20.3. The van der Waals surface area contributed by atoms with Crippen LogP contribution in [0.5, 0.6) is 11.5 Å². The van der Waals surface area contributed by atoms with Crippen LogP contribution in [0, 0.1) is 5.82 Å². The number of halogens is 1. The first-order valence-corrected chi connectivity index (χ1v) is 10.0. The van der Waals surface area contributed by atoms with Gasteiger partial charge in [0.1, 0.15) is 5.82 Å². The summed E-state index contributed by atoms with van der Waals surface area (Å²) >= 11 is 0. The predicted molar refractivity (Wildman–Crippen MR) is 113 cm³/mol. The van der Waals surface area contributed by atoms with Gasteiger partial charge in [0, 0.05) is 31.3 Å². The number of fused-ring (bicyclic) bond motifs is 1. The van der Waals surface area contributed by atoms with E-state index in [4.69, 9.17) is 14.2 Å². The van der Waals surface area contributed by atoms with Crippen molar-refractivity contribution in [1.29, 1.82) is 0 Å². The third-order valence-corrected chi connectivity index (χ3v) is 4.36. The average Bonchev–Trinajstić information content (AvgIpc) is 2.97. The molecule has 2 aromatic carbocycles. The minimum absolute atomic E-state index is 0.194. The molecule has 0 fully saturated rings. The van der Waals surface area contributed by atoms with Crippen molar-refractivity contribution in [2.24, 2.45) is 4.99 Å². The second kappa shape index (κ2) is 11.3. The van der Waals surface area contributed by atoms with Crippen LogP contribution in [0.25, 0.3) is 0 Å². The molecule has 1 heterocycles. The van der Waals surface area contributed by atoms with Crippen molar-refractivity contribution in [3.63, 3.8) is 0 Å². The van der Waals surface area contributed by atoms with Gasteiger partial charge in [-0.3, -0.25) is 4.99 Å². The Balaban J connectivity index is 1.63. The molecule has 0 bridgehead atoms. The summed E-state index contributed by atoms with van der Waals surface area (Å²) in [6.45, 7) is 5.50. The maximum Gasteiger partial charge on any atom is 0.195 e. The number of nitrogens with zero attached hydrogens (tertiary/aromatic N) is 1. The molecule has 0 saturated carbocycles. The summed E-state index contributed by atoms with van der Waals surface area (Å²) in [5.74, 6) is 1.87. The van der Waals surface area contributed by atoms with Crippen molar-refractivity contribution < 1.29 is 18.6 Å². The molecular weight excluding hydrogens is 373 g/mol. The molecule has 0 radical (unpaired) electrons. The monoisotopic (exact) mass is 401 g/mol. The van der Waals surface area contributed by atoms with Gasteiger partial charge in [0.15, 0.2) is 17.5 Å². The lowest BCUT2D eigenvalue weighted by atomic mass is 10.1. The highest BCUT2D eigenvalue weighted by Crippen LogP contribution is 2.32. The smallest absolute Gasteiger partial charge is 0.195 e. The third kappa shape index (κ3) is 6.64. The van der Waals surface area contributed by atoms with E-state index in [1.165, 1.54) is 6.07 Å². The lowest BCUT2D eigenvalue weighted by molar-refractivity contribution is 0.156. The summed E-state index contributed by atoms with van der Waals surface area (Å²) in [5.41, 5.74) is 1.51. The van der Waals surface area contributed by atoms with Crippen LogP contribution in [0.15, 0.2) is 47.5 Å². The average molecular weight is 401 g/mol. The van der Waals surface area contributed by atoms with E-state index in [-0.39, 0.29) is 5.82 Å². The second-order valence-corrected chi connectivity index (χ2v) is 6.53. The Morgan fingerprint density at radius 2 is 1.97 bits per heavy atom. The first-order valence-electron chi connectivity index (χ1n) is 10.0. The number of hydrogen-bond acceptors (Lipinski definition) is 4. The van der Waals surface area contributed by atoms with E-state index in [1.807, 2.05) is 31.2 Å². The van der Waals surface area contributed by atoms with E-state index in [0.717, 1.165) is 17.9 Å². The van der Waals surface area contributed by atoms with E-state index in [9.17, 15) is 4.39 Å². The second-order valence-electron chi connectivity index (χ2n) is 6.53. The number of aliphatic imine (C=N–C) groups is 1. The standard InChI is InChI=1S/C22H28FN3O3/c1-2-27-15-12-25-22(24-11-10-17-6-3-4-7-19(17)23)26-18-8-9-20-21(16-18)29-14-5-13-28-20/h3-4,6-9,16H,2,5,10-15H2,1H3,(H2,24,25,26). The third-order valence-electron chi connectivity index (χ3n) is 4.36.